The van der Waals surface area contributed by atoms with Crippen LogP contribution < -0.4 is 0 Å². The van der Waals surface area contributed by atoms with E-state index in [4.69, 9.17) is 5.10 Å². The largest absolute Gasteiger partial charge is 0.465 e. The van der Waals surface area contributed by atoms with Crippen LogP contribution in [0.1, 0.15) is 31.0 Å². The molecule has 1 fully saturated rings. The Labute approximate surface area is 204 Å². The molecule has 1 aliphatic heterocycles. The number of carbonyl (C=O) groups is 2. The molecular weight excluding hydrogens is 449 g/mol. The molecule has 3 aromatic rings. The highest BCUT2D eigenvalue weighted by molar-refractivity contribution is 5.76. The highest BCUT2D eigenvalue weighted by atomic mass is 19.1. The van der Waals surface area contributed by atoms with Crippen molar-refractivity contribution < 1.29 is 19.1 Å². The van der Waals surface area contributed by atoms with Crippen LogP contribution in [-0.2, 0) is 17.8 Å². The molecule has 4 rings (SSSR count). The zero-order valence-electron chi connectivity index (χ0n) is 19.8. The first-order valence-corrected chi connectivity index (χ1v) is 11.9. The van der Waals surface area contributed by atoms with Crippen LogP contribution in [0.5, 0.6) is 0 Å². The van der Waals surface area contributed by atoms with Gasteiger partial charge in [0.05, 0.1) is 5.69 Å². The summed E-state index contributed by atoms with van der Waals surface area (Å²) in [4.78, 5) is 31.8. The second-order valence-electron chi connectivity index (χ2n) is 8.86. The molecule has 0 saturated carbocycles. The molecule has 9 heteroatoms. The number of carbonyl (C=O) groups excluding carboxylic acids is 1. The van der Waals surface area contributed by atoms with E-state index in [0.717, 1.165) is 35.4 Å². The summed E-state index contributed by atoms with van der Waals surface area (Å²) in [6.07, 6.45) is 4.58. The van der Waals surface area contributed by atoms with Gasteiger partial charge >= 0.3 is 6.09 Å². The lowest BCUT2D eigenvalue weighted by Crippen LogP contribution is -2.43. The fraction of sp³-hybridized carbons (Fsp3) is 0.385. The Morgan fingerprint density at radius 1 is 1.11 bits per heavy atom. The molecule has 1 aliphatic rings. The zero-order chi connectivity index (χ0) is 24.8. The minimum Gasteiger partial charge on any atom is -0.465 e. The number of benzene rings is 1. The fourth-order valence-corrected chi connectivity index (χ4v) is 4.46. The lowest BCUT2D eigenvalue weighted by atomic mass is 9.96. The molecule has 0 spiro atoms. The summed E-state index contributed by atoms with van der Waals surface area (Å²) in [5, 5.41) is 14.0. The Hall–Kier alpha value is -3.75. The van der Waals surface area contributed by atoms with Crippen LogP contribution in [0.4, 0.5) is 9.18 Å². The Kier molecular flexibility index (Phi) is 7.74. The van der Waals surface area contributed by atoms with Crippen LogP contribution in [-0.4, -0.2) is 67.9 Å². The van der Waals surface area contributed by atoms with Crippen molar-refractivity contribution in [3.05, 3.63) is 71.9 Å². The van der Waals surface area contributed by atoms with Crippen molar-refractivity contribution in [3.63, 3.8) is 0 Å². The van der Waals surface area contributed by atoms with E-state index in [1.165, 1.54) is 17.0 Å². The maximum absolute atomic E-state index is 13.4. The van der Waals surface area contributed by atoms with Gasteiger partial charge in [-0.1, -0.05) is 12.1 Å². The lowest BCUT2D eigenvalue weighted by molar-refractivity contribution is -0.133. The molecule has 0 atom stereocenters. The molecule has 184 valence electrons. The second-order valence-corrected chi connectivity index (χ2v) is 8.86. The number of rotatable bonds is 8. The number of aromatic nitrogens is 3. The topological polar surface area (TPSA) is 91.6 Å². The number of hydrogen-bond donors (Lipinski definition) is 1. The van der Waals surface area contributed by atoms with Crippen molar-refractivity contribution >= 4 is 12.0 Å². The maximum atomic E-state index is 13.4. The molecule has 1 aromatic carbocycles. The normalized spacial score (nSPS) is 14.2. The molecule has 3 heterocycles. The Bertz CT molecular complexity index is 1140. The van der Waals surface area contributed by atoms with E-state index in [1.807, 2.05) is 30.0 Å². The minimum atomic E-state index is -0.900. The average molecular weight is 480 g/mol. The highest BCUT2D eigenvalue weighted by Gasteiger charge is 2.26. The number of piperidine rings is 1. The van der Waals surface area contributed by atoms with Crippen LogP contribution in [0.15, 0.2) is 54.9 Å². The number of nitrogens with zero attached hydrogens (tertiary/aromatic N) is 5. The first-order valence-electron chi connectivity index (χ1n) is 11.9. The van der Waals surface area contributed by atoms with Gasteiger partial charge in [-0.25, -0.2) is 9.18 Å². The third-order valence-electron chi connectivity index (χ3n) is 6.52. The predicted molar refractivity (Wildman–Crippen MR) is 129 cm³/mol. The van der Waals surface area contributed by atoms with E-state index in [-0.39, 0.29) is 24.2 Å². The number of pyridine rings is 1. The predicted octanol–water partition coefficient (Wildman–Crippen LogP) is 3.91. The molecule has 0 aliphatic carbocycles. The Morgan fingerprint density at radius 2 is 1.80 bits per heavy atom. The quantitative estimate of drug-likeness (QED) is 0.529. The summed E-state index contributed by atoms with van der Waals surface area (Å²) >= 11 is 0. The third-order valence-corrected chi connectivity index (χ3v) is 6.52. The molecule has 0 radical (unpaired) electrons. The van der Waals surface area contributed by atoms with E-state index < -0.39 is 6.09 Å². The average Bonchev–Trinajstić information content (AvgIpc) is 3.26. The van der Waals surface area contributed by atoms with Crippen molar-refractivity contribution in [3.8, 4) is 11.3 Å². The van der Waals surface area contributed by atoms with E-state index in [2.05, 4.69) is 4.98 Å². The van der Waals surface area contributed by atoms with Crippen molar-refractivity contribution in [2.24, 2.45) is 5.92 Å². The van der Waals surface area contributed by atoms with Gasteiger partial charge in [-0.15, -0.1) is 0 Å². The molecule has 8 nitrogen and oxygen atoms in total. The third kappa shape index (κ3) is 6.23. The van der Waals surface area contributed by atoms with Crippen LogP contribution in [0.3, 0.4) is 0 Å². The lowest BCUT2D eigenvalue weighted by Gasteiger charge is -2.34. The van der Waals surface area contributed by atoms with Crippen LogP contribution in [0.25, 0.3) is 11.3 Å². The number of amides is 2. The highest BCUT2D eigenvalue weighted by Crippen LogP contribution is 2.22. The van der Waals surface area contributed by atoms with Gasteiger partial charge < -0.3 is 14.9 Å². The first kappa shape index (κ1) is 24.4. The standard InChI is InChI=1S/C26H30FN5O3/c1-2-30(26(34)35)17-20-9-13-31(14-10-20)25(33)18-32-23(15-19-3-5-22(27)6-4-19)16-24(29-32)21-7-11-28-12-8-21/h3-8,11-12,16,20H,2,9-10,13-15,17-18H2,1H3,(H,34,35). The summed E-state index contributed by atoms with van der Waals surface area (Å²) < 4.78 is 15.1. The molecule has 1 saturated heterocycles. The van der Waals surface area contributed by atoms with Gasteiger partial charge in [-0.2, -0.15) is 5.10 Å². The van der Waals surface area contributed by atoms with Gasteiger partial charge in [0.15, 0.2) is 0 Å². The van der Waals surface area contributed by atoms with E-state index in [9.17, 15) is 19.1 Å². The summed E-state index contributed by atoms with van der Waals surface area (Å²) in [6, 6.07) is 12.0. The van der Waals surface area contributed by atoms with Gasteiger partial charge in [0, 0.05) is 56.3 Å². The van der Waals surface area contributed by atoms with Crippen molar-refractivity contribution in [2.45, 2.75) is 32.7 Å². The second kappa shape index (κ2) is 11.1. The summed E-state index contributed by atoms with van der Waals surface area (Å²) in [7, 11) is 0. The van der Waals surface area contributed by atoms with Gasteiger partial charge in [0.2, 0.25) is 5.91 Å². The maximum Gasteiger partial charge on any atom is 0.407 e. The van der Waals surface area contributed by atoms with Gasteiger partial charge in [0.25, 0.3) is 0 Å². The van der Waals surface area contributed by atoms with Gasteiger partial charge in [-0.3, -0.25) is 14.5 Å². The van der Waals surface area contributed by atoms with Crippen molar-refractivity contribution in [1.29, 1.82) is 0 Å². The van der Waals surface area contributed by atoms with E-state index in [0.29, 0.717) is 32.6 Å². The van der Waals surface area contributed by atoms with E-state index in [1.54, 1.807) is 29.2 Å². The molecule has 1 N–H and O–H groups in total. The summed E-state index contributed by atoms with van der Waals surface area (Å²) in [6.45, 7) is 4.12. The number of halogens is 1. The SMILES string of the molecule is CCN(CC1CCN(C(=O)Cn2nc(-c3ccncc3)cc2Cc2ccc(F)cc2)CC1)C(=O)O. The molecule has 0 unspecified atom stereocenters. The molecular formula is C26H30FN5O3. The Morgan fingerprint density at radius 3 is 2.43 bits per heavy atom. The van der Waals surface area contributed by atoms with Crippen molar-refractivity contribution in [1.82, 2.24) is 24.6 Å². The molecule has 35 heavy (non-hydrogen) atoms. The van der Waals surface area contributed by atoms with Crippen LogP contribution in [0, 0.1) is 11.7 Å². The smallest absolute Gasteiger partial charge is 0.407 e. The minimum absolute atomic E-state index is 0.0150. The Balaban J connectivity index is 1.45. The van der Waals surface area contributed by atoms with Gasteiger partial charge in [0.1, 0.15) is 12.4 Å². The number of likely N-dealkylation sites (tertiary alicyclic amines) is 1. The van der Waals surface area contributed by atoms with Crippen LogP contribution >= 0.6 is 0 Å². The number of hydrogen-bond acceptors (Lipinski definition) is 4. The van der Waals surface area contributed by atoms with Crippen LogP contribution in [0.2, 0.25) is 0 Å². The summed E-state index contributed by atoms with van der Waals surface area (Å²) in [5.41, 5.74) is 3.46. The zero-order valence-corrected chi connectivity index (χ0v) is 19.8. The fourth-order valence-electron chi connectivity index (χ4n) is 4.46. The molecule has 2 amide bonds. The molecule has 2 aromatic heterocycles. The van der Waals surface area contributed by atoms with Crippen molar-refractivity contribution in [2.75, 3.05) is 26.2 Å². The molecule has 0 bridgehead atoms. The summed E-state index contributed by atoms with van der Waals surface area (Å²) in [5.74, 6) is -0.0466. The monoisotopic (exact) mass is 479 g/mol. The number of carboxylic acid groups (broad SMARTS) is 1. The first-order chi connectivity index (χ1) is 16.9. The van der Waals surface area contributed by atoms with E-state index >= 15 is 0 Å². The van der Waals surface area contributed by atoms with Gasteiger partial charge in [-0.05, 0) is 61.6 Å².